The Hall–Kier alpha value is -3.25. The average Bonchev–Trinajstić information content (AvgIpc) is 3.36. The quantitative estimate of drug-likeness (QED) is 0.501. The van der Waals surface area contributed by atoms with Gasteiger partial charge in [0.05, 0.1) is 19.0 Å². The van der Waals surface area contributed by atoms with Crippen molar-refractivity contribution in [3.8, 4) is 11.5 Å². The standard InChI is InChI=1S/C20H16N4OS/c1-2-6-16(7-3-1)13-22-20-24(23-14-17-8-4-10-21-12-17)18(15-26-20)19-9-5-11-25-19/h1-12,14-15H,13H2/b22-20?,23-14+. The van der Waals surface area contributed by atoms with Gasteiger partial charge in [-0.15, -0.1) is 11.3 Å². The second-order valence-electron chi connectivity index (χ2n) is 5.53. The fourth-order valence-electron chi connectivity index (χ4n) is 2.43. The lowest BCUT2D eigenvalue weighted by atomic mass is 10.2. The van der Waals surface area contributed by atoms with Gasteiger partial charge in [0, 0.05) is 23.3 Å². The minimum Gasteiger partial charge on any atom is -0.463 e. The van der Waals surface area contributed by atoms with Gasteiger partial charge in [0.1, 0.15) is 5.69 Å². The van der Waals surface area contributed by atoms with Crippen LogP contribution in [0.15, 0.2) is 93.1 Å². The molecule has 128 valence electrons. The Morgan fingerprint density at radius 1 is 1.08 bits per heavy atom. The predicted octanol–water partition coefficient (Wildman–Crippen LogP) is 4.19. The summed E-state index contributed by atoms with van der Waals surface area (Å²) in [6.45, 7) is 0.599. The molecule has 0 spiro atoms. The van der Waals surface area contributed by atoms with Crippen molar-refractivity contribution in [2.24, 2.45) is 10.1 Å². The normalized spacial score (nSPS) is 12.1. The highest BCUT2D eigenvalue weighted by atomic mass is 32.1. The number of hydrogen-bond acceptors (Lipinski definition) is 5. The van der Waals surface area contributed by atoms with E-state index in [1.807, 2.05) is 47.8 Å². The Labute approximate surface area is 154 Å². The lowest BCUT2D eigenvalue weighted by Crippen LogP contribution is -2.12. The third-order valence-corrected chi connectivity index (χ3v) is 4.56. The van der Waals surface area contributed by atoms with Gasteiger partial charge < -0.3 is 4.42 Å². The number of aromatic nitrogens is 2. The molecule has 4 rings (SSSR count). The first-order chi connectivity index (χ1) is 12.9. The van der Waals surface area contributed by atoms with E-state index in [2.05, 4.69) is 22.2 Å². The van der Waals surface area contributed by atoms with Crippen LogP contribution in [0.3, 0.4) is 0 Å². The van der Waals surface area contributed by atoms with Crippen LogP contribution in [0.1, 0.15) is 11.1 Å². The van der Waals surface area contributed by atoms with Crippen molar-refractivity contribution < 1.29 is 4.42 Å². The molecule has 26 heavy (non-hydrogen) atoms. The Bertz CT molecular complexity index is 1050. The first-order valence-corrected chi connectivity index (χ1v) is 9.01. The molecule has 3 heterocycles. The van der Waals surface area contributed by atoms with Gasteiger partial charge >= 0.3 is 0 Å². The van der Waals surface area contributed by atoms with E-state index >= 15 is 0 Å². The van der Waals surface area contributed by atoms with Crippen molar-refractivity contribution in [2.45, 2.75) is 6.54 Å². The molecule has 0 atom stereocenters. The topological polar surface area (TPSA) is 55.7 Å². The molecule has 0 saturated carbocycles. The van der Waals surface area contributed by atoms with Crippen LogP contribution < -0.4 is 4.80 Å². The second-order valence-corrected chi connectivity index (χ2v) is 6.36. The number of pyridine rings is 1. The molecule has 5 nitrogen and oxygen atoms in total. The van der Waals surface area contributed by atoms with Gasteiger partial charge in [-0.25, -0.2) is 4.68 Å². The van der Waals surface area contributed by atoms with Crippen molar-refractivity contribution in [3.05, 3.63) is 94.6 Å². The Morgan fingerprint density at radius 3 is 2.77 bits per heavy atom. The molecule has 3 aromatic heterocycles. The van der Waals surface area contributed by atoms with E-state index in [4.69, 9.17) is 9.41 Å². The maximum atomic E-state index is 5.55. The van der Waals surface area contributed by atoms with Crippen LogP contribution in [0.2, 0.25) is 0 Å². The summed E-state index contributed by atoms with van der Waals surface area (Å²) in [5, 5.41) is 6.62. The monoisotopic (exact) mass is 360 g/mol. The summed E-state index contributed by atoms with van der Waals surface area (Å²) >= 11 is 1.54. The number of benzene rings is 1. The Kier molecular flexibility index (Phi) is 4.84. The molecule has 0 aliphatic rings. The van der Waals surface area contributed by atoms with Crippen LogP contribution in [-0.4, -0.2) is 15.9 Å². The molecule has 0 amide bonds. The van der Waals surface area contributed by atoms with Crippen molar-refractivity contribution in [3.63, 3.8) is 0 Å². The summed E-state index contributed by atoms with van der Waals surface area (Å²) in [6.07, 6.45) is 6.93. The minimum absolute atomic E-state index is 0.599. The zero-order valence-electron chi connectivity index (χ0n) is 13.9. The summed E-state index contributed by atoms with van der Waals surface area (Å²) < 4.78 is 7.35. The molecule has 0 bridgehead atoms. The maximum Gasteiger partial charge on any atom is 0.206 e. The van der Waals surface area contributed by atoms with Gasteiger partial charge in [-0.1, -0.05) is 36.4 Å². The van der Waals surface area contributed by atoms with Crippen molar-refractivity contribution in [2.75, 3.05) is 0 Å². The SMILES string of the molecule is C(=N\n1c(-c2ccco2)csc1=NCc1ccccc1)/c1cccnc1. The van der Waals surface area contributed by atoms with Gasteiger partial charge in [-0.3, -0.25) is 9.98 Å². The lowest BCUT2D eigenvalue weighted by molar-refractivity contribution is 0.575. The summed E-state index contributed by atoms with van der Waals surface area (Å²) in [5.74, 6) is 0.755. The van der Waals surface area contributed by atoms with Crippen LogP contribution >= 0.6 is 11.3 Å². The molecule has 6 heteroatoms. The smallest absolute Gasteiger partial charge is 0.206 e. The Balaban J connectivity index is 1.73. The van der Waals surface area contributed by atoms with Gasteiger partial charge in [0.25, 0.3) is 0 Å². The van der Waals surface area contributed by atoms with Gasteiger partial charge in [0.2, 0.25) is 4.80 Å². The Morgan fingerprint density at radius 2 is 2.00 bits per heavy atom. The molecule has 0 radical (unpaired) electrons. The fraction of sp³-hybridized carbons (Fsp3) is 0.0500. The minimum atomic E-state index is 0.599. The maximum absolute atomic E-state index is 5.55. The molecule has 1 aromatic carbocycles. The fourth-order valence-corrected chi connectivity index (χ4v) is 3.25. The molecule has 0 aliphatic heterocycles. The molecular formula is C20H16N4OS. The molecule has 4 aromatic rings. The second kappa shape index (κ2) is 7.76. The van der Waals surface area contributed by atoms with Crippen LogP contribution in [0.5, 0.6) is 0 Å². The van der Waals surface area contributed by atoms with Crippen molar-refractivity contribution >= 4 is 17.6 Å². The van der Waals surface area contributed by atoms with Gasteiger partial charge in [0.15, 0.2) is 5.76 Å². The highest BCUT2D eigenvalue weighted by molar-refractivity contribution is 7.07. The van der Waals surface area contributed by atoms with E-state index in [0.29, 0.717) is 6.54 Å². The predicted molar refractivity (Wildman–Crippen MR) is 103 cm³/mol. The van der Waals surface area contributed by atoms with Gasteiger partial charge in [-0.05, 0) is 23.8 Å². The number of hydrogen-bond donors (Lipinski definition) is 0. The van der Waals surface area contributed by atoms with E-state index < -0.39 is 0 Å². The zero-order valence-corrected chi connectivity index (χ0v) is 14.7. The molecule has 0 unspecified atom stereocenters. The van der Waals surface area contributed by atoms with Crippen LogP contribution in [0.25, 0.3) is 11.5 Å². The van der Waals surface area contributed by atoms with E-state index in [-0.39, 0.29) is 0 Å². The molecule has 0 N–H and O–H groups in total. The summed E-state index contributed by atoms with van der Waals surface area (Å²) in [6, 6.07) is 17.8. The molecule has 0 fully saturated rings. The van der Waals surface area contributed by atoms with Crippen molar-refractivity contribution in [1.29, 1.82) is 0 Å². The van der Waals surface area contributed by atoms with E-state index in [1.54, 1.807) is 29.5 Å². The van der Waals surface area contributed by atoms with Gasteiger partial charge in [-0.2, -0.15) is 5.10 Å². The zero-order chi connectivity index (χ0) is 17.6. The first kappa shape index (κ1) is 16.2. The highest BCUT2D eigenvalue weighted by Gasteiger charge is 2.09. The number of nitrogens with zero attached hydrogens (tertiary/aromatic N) is 4. The molecular weight excluding hydrogens is 344 g/mol. The molecule has 0 saturated heterocycles. The summed E-state index contributed by atoms with van der Waals surface area (Å²) in [5.41, 5.74) is 2.95. The van der Waals surface area contributed by atoms with E-state index in [1.165, 1.54) is 11.3 Å². The lowest BCUT2D eigenvalue weighted by Gasteiger charge is -2.01. The van der Waals surface area contributed by atoms with E-state index in [0.717, 1.165) is 27.4 Å². The number of rotatable bonds is 5. The summed E-state index contributed by atoms with van der Waals surface area (Å²) in [7, 11) is 0. The van der Waals surface area contributed by atoms with E-state index in [9.17, 15) is 0 Å². The average molecular weight is 360 g/mol. The third kappa shape index (κ3) is 3.70. The van der Waals surface area contributed by atoms with Crippen LogP contribution in [0.4, 0.5) is 0 Å². The van der Waals surface area contributed by atoms with Crippen LogP contribution in [-0.2, 0) is 6.54 Å². The number of thiazole rings is 1. The molecule has 0 aliphatic carbocycles. The summed E-state index contributed by atoms with van der Waals surface area (Å²) in [4.78, 5) is 9.65. The highest BCUT2D eigenvalue weighted by Crippen LogP contribution is 2.20. The number of furan rings is 1. The third-order valence-electron chi connectivity index (χ3n) is 3.71. The van der Waals surface area contributed by atoms with Crippen molar-refractivity contribution in [1.82, 2.24) is 9.66 Å². The largest absolute Gasteiger partial charge is 0.463 e. The first-order valence-electron chi connectivity index (χ1n) is 8.13. The van der Waals surface area contributed by atoms with Crippen LogP contribution in [0, 0.1) is 0 Å².